The molecule has 0 saturated carbocycles. The summed E-state index contributed by atoms with van der Waals surface area (Å²) in [7, 11) is 0. The van der Waals surface area contributed by atoms with Crippen molar-refractivity contribution in [2.75, 3.05) is 55.2 Å². The first-order chi connectivity index (χ1) is 40.2. The molecular formula is C61H56BrF5N10O7. The van der Waals surface area contributed by atoms with Crippen LogP contribution in [0.15, 0.2) is 150 Å². The van der Waals surface area contributed by atoms with Crippen LogP contribution < -0.4 is 43.5 Å². The van der Waals surface area contributed by atoms with Gasteiger partial charge in [0.25, 0.3) is 0 Å². The zero-order valence-corrected chi connectivity index (χ0v) is 47.6. The molecule has 5 N–H and O–H groups in total. The third-order valence-electron chi connectivity index (χ3n) is 13.4. The number of nitrogens with one attached hydrogen (secondary N) is 3. The molecule has 13 rings (SSSR count). The van der Waals surface area contributed by atoms with Crippen molar-refractivity contribution in [3.63, 3.8) is 0 Å². The molecule has 8 aromatic heterocycles. The molecule has 2 fully saturated rings. The van der Waals surface area contributed by atoms with Crippen molar-refractivity contribution in [2.45, 2.75) is 46.7 Å². The molecule has 3 aromatic carbocycles. The second-order valence-electron chi connectivity index (χ2n) is 20.2. The standard InChI is InChI=1S/C22H21FN4O2.C17H10F2N2O2.C11H6BrFO3.C6H7FN2.C5H12N2/c1-13-7-18(23)21-25-19(12-27(21)10-13)17-8-15-3-4-16(9-20(15)29-22(17)28)26-6-5-24-14(2)11-26;1-9-4-13(19)16-20-14(8-21(16)7-9)12-5-10-2-3-11(18)6-15(10)23-17(12)22;12-5-9(14)8-3-6-1-2-7(13)4-10(6)16-11(8)15;1-4-2-5(7)6(8)9-3-4;1-5-4-6-2-3-7-5/h3-4,7-10,12,14,24H,5-6,11H2,1-2H3;2-8H,1H3;1-4H,5H2;2-3H,1H3,(H2,8,9);5-7H,2-4H2,1H3/t14-;;;;5-/m0...0/s1. The largest absolute Gasteiger partial charge is 0.422 e. The Kier molecular flexibility index (Phi) is 18.6. The Morgan fingerprint density at radius 2 is 1.13 bits per heavy atom. The van der Waals surface area contributed by atoms with Gasteiger partial charge in [-0.3, -0.25) is 4.79 Å². The first kappa shape index (κ1) is 59.7. The van der Waals surface area contributed by atoms with Gasteiger partial charge < -0.3 is 48.6 Å². The van der Waals surface area contributed by atoms with Crippen LogP contribution in [0, 0.1) is 49.9 Å². The number of piperazine rings is 2. The van der Waals surface area contributed by atoms with E-state index in [4.69, 9.17) is 19.0 Å². The number of carbonyl (C=O) groups is 1. The van der Waals surface area contributed by atoms with E-state index in [2.05, 4.69) is 65.6 Å². The second kappa shape index (κ2) is 26.1. The van der Waals surface area contributed by atoms with Crippen molar-refractivity contribution >= 4 is 77.4 Å². The SMILES string of the molecule is C[C@H]1CNCCN1.Cc1cc(F)c2nc(-c3cc4ccc(F)cc4oc3=O)cn2c1.Cc1cc(F)c2nc(-c3cc4ccc(N5CCN[C@@H](C)C5)cc4oc3=O)cn2c1.Cc1cnc(N)c(F)c1.O=C(CBr)c1cc2ccc(F)cc2oc1=O. The quantitative estimate of drug-likeness (QED) is 0.0545. The number of halogens is 6. The maximum atomic E-state index is 14.2. The van der Waals surface area contributed by atoms with Crippen LogP contribution in [0.1, 0.15) is 40.9 Å². The fourth-order valence-electron chi connectivity index (χ4n) is 9.24. The average molecular weight is 1220 g/mol. The lowest BCUT2D eigenvalue weighted by molar-refractivity contribution is 0.102. The summed E-state index contributed by atoms with van der Waals surface area (Å²) in [5.41, 5.74) is 8.88. The lowest BCUT2D eigenvalue weighted by atomic mass is 10.1. The number of Topliss-reactive ketones (excluding diaryl/α,β-unsaturated/α-hetero) is 1. The number of hydrogen-bond acceptors (Lipinski definition) is 15. The van der Waals surface area contributed by atoms with Crippen LogP contribution in [0.5, 0.6) is 0 Å². The molecule has 23 heteroatoms. The molecular weight excluding hydrogens is 1160 g/mol. The molecule has 0 unspecified atom stereocenters. The van der Waals surface area contributed by atoms with E-state index in [0.717, 1.165) is 79.2 Å². The predicted molar refractivity (Wildman–Crippen MR) is 317 cm³/mol. The van der Waals surface area contributed by atoms with Crippen LogP contribution in [0.25, 0.3) is 66.7 Å². The molecule has 0 bridgehead atoms. The van der Waals surface area contributed by atoms with Gasteiger partial charge in [-0.1, -0.05) is 15.9 Å². The molecule has 2 atom stereocenters. The number of hydrogen-bond donors (Lipinski definition) is 4. The van der Waals surface area contributed by atoms with Gasteiger partial charge in [-0.25, -0.2) is 51.3 Å². The zero-order chi connectivity index (χ0) is 59.9. The normalized spacial score (nSPS) is 14.9. The van der Waals surface area contributed by atoms with E-state index in [1.165, 1.54) is 59.1 Å². The lowest BCUT2D eigenvalue weighted by Gasteiger charge is -2.33. The first-order valence-electron chi connectivity index (χ1n) is 26.4. The number of alkyl halides is 1. The van der Waals surface area contributed by atoms with E-state index in [-0.39, 0.29) is 50.5 Å². The van der Waals surface area contributed by atoms with Crippen LogP contribution in [0.2, 0.25) is 0 Å². The van der Waals surface area contributed by atoms with Gasteiger partial charge in [-0.2, -0.15) is 0 Å². The highest BCUT2D eigenvalue weighted by molar-refractivity contribution is 9.09. The molecule has 17 nitrogen and oxygen atoms in total. The second-order valence-corrected chi connectivity index (χ2v) is 20.7. The highest BCUT2D eigenvalue weighted by atomic mass is 79.9. The van der Waals surface area contributed by atoms with Crippen LogP contribution in [-0.4, -0.2) is 86.2 Å². The van der Waals surface area contributed by atoms with Gasteiger partial charge in [0.2, 0.25) is 0 Å². The van der Waals surface area contributed by atoms with Gasteiger partial charge in [-0.15, -0.1) is 0 Å². The van der Waals surface area contributed by atoms with Crippen LogP contribution in [0.4, 0.5) is 33.5 Å². The summed E-state index contributed by atoms with van der Waals surface area (Å²) in [6.07, 6.45) is 8.23. The number of anilines is 2. The number of fused-ring (bicyclic) bond motifs is 5. The minimum atomic E-state index is -0.748. The van der Waals surface area contributed by atoms with Crippen LogP contribution in [-0.2, 0) is 0 Å². The molecule has 434 valence electrons. The van der Waals surface area contributed by atoms with Crippen molar-refractivity contribution in [3.05, 3.63) is 205 Å². The molecule has 84 heavy (non-hydrogen) atoms. The van der Waals surface area contributed by atoms with E-state index >= 15 is 0 Å². The Labute approximate surface area is 484 Å². The van der Waals surface area contributed by atoms with Crippen molar-refractivity contribution in [1.29, 1.82) is 0 Å². The Bertz CT molecular complexity index is 4430. The number of nitrogens with two attached hydrogens (primary N) is 1. The molecule has 11 aromatic rings. The molecule has 2 aliphatic rings. The Balaban J connectivity index is 0.000000137. The molecule has 0 spiro atoms. The van der Waals surface area contributed by atoms with Gasteiger partial charge in [0.05, 0.1) is 27.8 Å². The predicted octanol–water partition coefficient (Wildman–Crippen LogP) is 10.2. The van der Waals surface area contributed by atoms with Gasteiger partial charge in [0.1, 0.15) is 33.9 Å². The molecule has 0 amide bonds. The van der Waals surface area contributed by atoms with E-state index in [1.54, 1.807) is 55.2 Å². The first-order valence-corrected chi connectivity index (χ1v) is 27.6. The van der Waals surface area contributed by atoms with Gasteiger partial charge in [0, 0.05) is 122 Å². The van der Waals surface area contributed by atoms with Crippen LogP contribution >= 0.6 is 15.9 Å². The molecule has 0 aliphatic carbocycles. The third-order valence-corrected chi connectivity index (χ3v) is 13.9. The Morgan fingerprint density at radius 3 is 1.62 bits per heavy atom. The summed E-state index contributed by atoms with van der Waals surface area (Å²) < 4.78 is 85.3. The number of imidazole rings is 2. The summed E-state index contributed by atoms with van der Waals surface area (Å²) in [4.78, 5) is 61.9. The van der Waals surface area contributed by atoms with Crippen LogP contribution in [0.3, 0.4) is 0 Å². The topological polar surface area (TPSA) is 221 Å². The number of ketones is 1. The molecule has 2 aliphatic heterocycles. The number of rotatable bonds is 5. The molecule has 0 radical (unpaired) electrons. The Morgan fingerprint density at radius 1 is 0.619 bits per heavy atom. The lowest BCUT2D eigenvalue weighted by Crippen LogP contribution is -2.49. The number of nitrogen functional groups attached to an aromatic ring is 1. The van der Waals surface area contributed by atoms with Crippen molar-refractivity contribution < 1.29 is 40.0 Å². The fourth-order valence-corrected chi connectivity index (χ4v) is 9.54. The fraction of sp³-hybridized carbons (Fsp3) is 0.230. The summed E-state index contributed by atoms with van der Waals surface area (Å²) in [6, 6.07) is 23.6. The van der Waals surface area contributed by atoms with E-state index in [1.807, 2.05) is 25.1 Å². The highest BCUT2D eigenvalue weighted by Gasteiger charge is 2.20. The Hall–Kier alpha value is -8.90. The van der Waals surface area contributed by atoms with E-state index < -0.39 is 46.0 Å². The molecule has 2 saturated heterocycles. The molecule has 10 heterocycles. The number of pyridine rings is 3. The van der Waals surface area contributed by atoms with Crippen molar-refractivity contribution in [2.24, 2.45) is 0 Å². The summed E-state index contributed by atoms with van der Waals surface area (Å²) in [5.74, 6) is -2.72. The maximum Gasteiger partial charge on any atom is 0.347 e. The minimum absolute atomic E-state index is 0.0315. The summed E-state index contributed by atoms with van der Waals surface area (Å²) in [6.45, 7) is 15.8. The third kappa shape index (κ3) is 14.3. The van der Waals surface area contributed by atoms with E-state index in [0.29, 0.717) is 45.4 Å². The monoisotopic (exact) mass is 1210 g/mol. The number of benzene rings is 3. The average Bonchev–Trinajstić information content (AvgIpc) is 2.72. The summed E-state index contributed by atoms with van der Waals surface area (Å²) in [5, 5.41) is 11.9. The smallest absolute Gasteiger partial charge is 0.347 e. The maximum absolute atomic E-state index is 14.2. The summed E-state index contributed by atoms with van der Waals surface area (Å²) >= 11 is 2.97. The van der Waals surface area contributed by atoms with E-state index in [9.17, 15) is 41.1 Å². The van der Waals surface area contributed by atoms with Gasteiger partial charge >= 0.3 is 16.9 Å². The number of aromatic nitrogens is 5. The minimum Gasteiger partial charge on any atom is -0.422 e. The number of carbonyl (C=O) groups excluding carboxylic acids is 1. The number of aryl methyl sites for hydroxylation is 3. The van der Waals surface area contributed by atoms with Gasteiger partial charge in [0.15, 0.2) is 40.3 Å². The highest BCUT2D eigenvalue weighted by Crippen LogP contribution is 2.28. The van der Waals surface area contributed by atoms with Gasteiger partial charge in [-0.05, 0) is 124 Å². The zero-order valence-electron chi connectivity index (χ0n) is 46.0. The van der Waals surface area contributed by atoms with Crippen molar-refractivity contribution in [1.82, 2.24) is 39.7 Å². The number of nitrogens with zero attached hydrogens (tertiary/aromatic N) is 6. The van der Waals surface area contributed by atoms with Crippen molar-refractivity contribution in [3.8, 4) is 22.5 Å².